The maximum atomic E-state index is 12.2. The summed E-state index contributed by atoms with van der Waals surface area (Å²) in [4.78, 5) is 12.2. The molecule has 2 unspecified atom stereocenters. The van der Waals surface area contributed by atoms with Gasteiger partial charge in [0.25, 0.3) is 5.56 Å². The van der Waals surface area contributed by atoms with E-state index in [4.69, 9.17) is 0 Å². The first-order valence-corrected chi connectivity index (χ1v) is 8.44. The lowest BCUT2D eigenvalue weighted by atomic mass is 9.98. The van der Waals surface area contributed by atoms with Crippen molar-refractivity contribution in [1.29, 1.82) is 0 Å². The Morgan fingerprint density at radius 1 is 1.40 bits per heavy atom. The van der Waals surface area contributed by atoms with Crippen LogP contribution in [0.25, 0.3) is 0 Å². The number of aromatic nitrogens is 2. The Balaban J connectivity index is 1.67. The molecule has 4 nitrogen and oxygen atoms in total. The largest absolute Gasteiger partial charge is 0.382 e. The van der Waals surface area contributed by atoms with Gasteiger partial charge < -0.3 is 5.32 Å². The summed E-state index contributed by atoms with van der Waals surface area (Å²) >= 11 is 3.43. The number of rotatable bonds is 5. The lowest BCUT2D eigenvalue weighted by Crippen LogP contribution is -2.26. The van der Waals surface area contributed by atoms with Gasteiger partial charge in [0.15, 0.2) is 0 Å². The molecule has 1 aromatic heterocycles. The van der Waals surface area contributed by atoms with Crippen LogP contribution in [-0.4, -0.2) is 16.3 Å². The van der Waals surface area contributed by atoms with Gasteiger partial charge in [-0.1, -0.05) is 19.8 Å². The van der Waals surface area contributed by atoms with Crippen LogP contribution in [0.3, 0.4) is 0 Å². The van der Waals surface area contributed by atoms with Crippen molar-refractivity contribution in [2.45, 2.75) is 45.6 Å². The molecule has 0 spiro atoms. The molecule has 0 radical (unpaired) electrons. The van der Waals surface area contributed by atoms with Crippen LogP contribution < -0.4 is 10.9 Å². The minimum atomic E-state index is -0.0126. The number of hydrogen-bond donors (Lipinski definition) is 1. The Kier molecular flexibility index (Phi) is 4.15. The maximum Gasteiger partial charge on any atom is 0.283 e. The zero-order chi connectivity index (χ0) is 14.1. The highest BCUT2D eigenvalue weighted by atomic mass is 79.9. The van der Waals surface area contributed by atoms with E-state index in [0.29, 0.717) is 10.4 Å². The van der Waals surface area contributed by atoms with E-state index in [1.807, 2.05) is 0 Å². The molecular formula is C15H22BrN3O. The number of anilines is 1. The highest BCUT2D eigenvalue weighted by molar-refractivity contribution is 9.10. The van der Waals surface area contributed by atoms with Crippen molar-refractivity contribution in [1.82, 2.24) is 9.78 Å². The summed E-state index contributed by atoms with van der Waals surface area (Å²) in [5.74, 6) is 2.16. The molecule has 5 heteroatoms. The number of hydrogen-bond acceptors (Lipinski definition) is 3. The van der Waals surface area contributed by atoms with E-state index in [9.17, 15) is 4.79 Å². The minimum absolute atomic E-state index is 0.0126. The van der Waals surface area contributed by atoms with Gasteiger partial charge in [-0.3, -0.25) is 4.79 Å². The number of nitrogens with zero attached hydrogens (tertiary/aromatic N) is 2. The fraction of sp³-hybridized carbons (Fsp3) is 0.733. The van der Waals surface area contributed by atoms with Gasteiger partial charge in [0.2, 0.25) is 0 Å². The van der Waals surface area contributed by atoms with E-state index < -0.39 is 0 Å². The predicted octanol–water partition coefficient (Wildman–Crippen LogP) is 3.26. The third-order valence-corrected chi connectivity index (χ3v) is 5.47. The topological polar surface area (TPSA) is 46.9 Å². The highest BCUT2D eigenvalue weighted by Crippen LogP contribution is 2.32. The average Bonchev–Trinajstić information content (AvgIpc) is 3.16. The molecule has 2 saturated carbocycles. The Labute approximate surface area is 128 Å². The SMILES string of the molecule is CC1CCCC1CNc1cnn(CC2CC2)c(=O)c1Br. The van der Waals surface area contributed by atoms with Gasteiger partial charge in [-0.25, -0.2) is 4.68 Å². The molecule has 0 amide bonds. The fourth-order valence-corrected chi connectivity index (χ4v) is 3.48. The molecule has 0 bridgehead atoms. The van der Waals surface area contributed by atoms with E-state index >= 15 is 0 Å². The first-order valence-electron chi connectivity index (χ1n) is 7.64. The minimum Gasteiger partial charge on any atom is -0.382 e. The second-order valence-electron chi connectivity index (χ2n) is 6.35. The smallest absolute Gasteiger partial charge is 0.283 e. The van der Waals surface area contributed by atoms with E-state index in [0.717, 1.165) is 30.6 Å². The van der Waals surface area contributed by atoms with Crippen LogP contribution in [0, 0.1) is 17.8 Å². The van der Waals surface area contributed by atoms with Crippen LogP contribution in [-0.2, 0) is 6.54 Å². The molecule has 1 heterocycles. The van der Waals surface area contributed by atoms with Crippen LogP contribution in [0.2, 0.25) is 0 Å². The summed E-state index contributed by atoms with van der Waals surface area (Å²) in [6.07, 6.45) is 8.19. The van der Waals surface area contributed by atoms with Gasteiger partial charge in [-0.2, -0.15) is 5.10 Å². The molecule has 0 saturated heterocycles. The molecule has 0 aromatic carbocycles. The zero-order valence-corrected chi connectivity index (χ0v) is 13.5. The molecule has 110 valence electrons. The normalized spacial score (nSPS) is 25.9. The number of nitrogens with one attached hydrogen (secondary N) is 1. The lowest BCUT2D eigenvalue weighted by Gasteiger charge is -2.17. The fourth-order valence-electron chi connectivity index (χ4n) is 3.03. The summed E-state index contributed by atoms with van der Waals surface area (Å²) in [5, 5.41) is 7.69. The van der Waals surface area contributed by atoms with E-state index in [1.165, 1.54) is 32.1 Å². The summed E-state index contributed by atoms with van der Waals surface area (Å²) < 4.78 is 2.21. The van der Waals surface area contributed by atoms with Gasteiger partial charge in [0.1, 0.15) is 4.47 Å². The van der Waals surface area contributed by atoms with Crippen LogP contribution >= 0.6 is 15.9 Å². The van der Waals surface area contributed by atoms with Crippen LogP contribution in [0.15, 0.2) is 15.5 Å². The predicted molar refractivity (Wildman–Crippen MR) is 83.9 cm³/mol. The lowest BCUT2D eigenvalue weighted by molar-refractivity contribution is 0.439. The van der Waals surface area contributed by atoms with Gasteiger partial charge in [0, 0.05) is 13.1 Å². The van der Waals surface area contributed by atoms with Crippen molar-refractivity contribution in [2.24, 2.45) is 17.8 Å². The first kappa shape index (κ1) is 14.1. The standard InChI is InChI=1S/C15H22BrN3O/c1-10-3-2-4-12(10)7-17-13-8-18-19(9-11-5-6-11)15(20)14(13)16/h8,10-12,17H,2-7,9H2,1H3. The molecule has 0 aliphatic heterocycles. The summed E-state index contributed by atoms with van der Waals surface area (Å²) in [6.45, 7) is 4.02. The monoisotopic (exact) mass is 339 g/mol. The highest BCUT2D eigenvalue weighted by Gasteiger charge is 2.25. The summed E-state index contributed by atoms with van der Waals surface area (Å²) in [7, 11) is 0. The first-order chi connectivity index (χ1) is 9.65. The molecule has 1 aromatic rings. The van der Waals surface area contributed by atoms with Crippen molar-refractivity contribution >= 4 is 21.6 Å². The third kappa shape index (κ3) is 3.08. The summed E-state index contributed by atoms with van der Waals surface area (Å²) in [5.41, 5.74) is 0.822. The molecular weight excluding hydrogens is 318 g/mol. The average molecular weight is 340 g/mol. The Bertz CT molecular complexity index is 538. The van der Waals surface area contributed by atoms with Gasteiger partial charge >= 0.3 is 0 Å². The van der Waals surface area contributed by atoms with E-state index in [-0.39, 0.29) is 5.56 Å². The third-order valence-electron chi connectivity index (χ3n) is 4.71. The molecule has 1 N–H and O–H groups in total. The van der Waals surface area contributed by atoms with Crippen molar-refractivity contribution in [2.75, 3.05) is 11.9 Å². The molecule has 3 rings (SSSR count). The van der Waals surface area contributed by atoms with Gasteiger partial charge in [-0.15, -0.1) is 0 Å². The summed E-state index contributed by atoms with van der Waals surface area (Å²) in [6, 6.07) is 0. The Hall–Kier alpha value is -0.840. The maximum absolute atomic E-state index is 12.2. The van der Waals surface area contributed by atoms with Crippen molar-refractivity contribution < 1.29 is 0 Å². The molecule has 2 fully saturated rings. The van der Waals surface area contributed by atoms with E-state index in [1.54, 1.807) is 10.9 Å². The van der Waals surface area contributed by atoms with Crippen LogP contribution in [0.5, 0.6) is 0 Å². The van der Waals surface area contributed by atoms with Crippen LogP contribution in [0.1, 0.15) is 39.0 Å². The van der Waals surface area contributed by atoms with Crippen LogP contribution in [0.4, 0.5) is 5.69 Å². The van der Waals surface area contributed by atoms with Gasteiger partial charge in [-0.05, 0) is 52.9 Å². The van der Waals surface area contributed by atoms with Crippen molar-refractivity contribution in [3.8, 4) is 0 Å². The Morgan fingerprint density at radius 2 is 2.20 bits per heavy atom. The second kappa shape index (κ2) is 5.88. The van der Waals surface area contributed by atoms with E-state index in [2.05, 4.69) is 33.3 Å². The molecule has 2 atom stereocenters. The Morgan fingerprint density at radius 3 is 2.85 bits per heavy atom. The number of halogens is 1. The van der Waals surface area contributed by atoms with Crippen molar-refractivity contribution in [3.63, 3.8) is 0 Å². The zero-order valence-electron chi connectivity index (χ0n) is 11.9. The van der Waals surface area contributed by atoms with Gasteiger partial charge in [0.05, 0.1) is 11.9 Å². The molecule has 20 heavy (non-hydrogen) atoms. The quantitative estimate of drug-likeness (QED) is 0.895. The van der Waals surface area contributed by atoms with Crippen molar-refractivity contribution in [3.05, 3.63) is 21.0 Å². The molecule has 2 aliphatic carbocycles. The second-order valence-corrected chi connectivity index (χ2v) is 7.15. The molecule has 2 aliphatic rings.